The minimum atomic E-state index is -0.194. The molecule has 0 radical (unpaired) electrons. The number of furan rings is 1. The summed E-state index contributed by atoms with van der Waals surface area (Å²) in [7, 11) is 0. The molecule has 8 aromatic rings. The average Bonchev–Trinajstić information content (AvgIpc) is 3.57. The standard InChI is InChI=1S/C41H27N3O/c1-41(2)30-22-21-27-26-13-7-9-18-35(26)45-39(27)36(30)28-20-19-25(23-31(28)41)44-33-16-8-6-14-29(33)38-37-32(15-10-17-34(37)44)42-40(43-38)24-11-4-3-5-12-24/h3-23H,1-2H3. The van der Waals surface area contributed by atoms with Gasteiger partial charge in [-0.1, -0.05) is 105 Å². The number of para-hydroxylation sites is 2. The predicted octanol–water partition coefficient (Wildman–Crippen LogP) is 11.0. The van der Waals surface area contributed by atoms with E-state index in [0.29, 0.717) is 0 Å². The van der Waals surface area contributed by atoms with Crippen LogP contribution >= 0.6 is 0 Å². The van der Waals surface area contributed by atoms with Crippen molar-refractivity contribution in [2.45, 2.75) is 19.3 Å². The van der Waals surface area contributed by atoms with Gasteiger partial charge in [-0.05, 0) is 53.1 Å². The first-order chi connectivity index (χ1) is 22.1. The molecule has 0 saturated heterocycles. The number of aromatic nitrogens is 2. The summed E-state index contributed by atoms with van der Waals surface area (Å²) in [4.78, 5) is 12.6. The van der Waals surface area contributed by atoms with Gasteiger partial charge in [0.15, 0.2) is 5.82 Å². The summed E-state index contributed by atoms with van der Waals surface area (Å²) < 4.78 is 6.53. The van der Waals surface area contributed by atoms with Crippen LogP contribution in [0.4, 0.5) is 17.1 Å². The summed E-state index contributed by atoms with van der Waals surface area (Å²) in [5, 5.41) is 3.40. The summed E-state index contributed by atoms with van der Waals surface area (Å²) >= 11 is 0. The molecule has 0 N–H and O–H groups in total. The highest BCUT2D eigenvalue weighted by atomic mass is 16.3. The lowest BCUT2D eigenvalue weighted by molar-refractivity contribution is 0.653. The predicted molar refractivity (Wildman–Crippen MR) is 183 cm³/mol. The molecule has 4 nitrogen and oxygen atoms in total. The third-order valence-corrected chi connectivity index (χ3v) is 9.80. The van der Waals surface area contributed by atoms with Crippen molar-refractivity contribution < 1.29 is 4.42 Å². The van der Waals surface area contributed by atoms with Crippen LogP contribution in [0.2, 0.25) is 0 Å². The second-order valence-electron chi connectivity index (χ2n) is 12.6. The van der Waals surface area contributed by atoms with E-state index in [9.17, 15) is 0 Å². The summed E-state index contributed by atoms with van der Waals surface area (Å²) in [5.74, 6) is 0.743. The lowest BCUT2D eigenvalue weighted by atomic mass is 9.82. The first kappa shape index (κ1) is 24.7. The highest BCUT2D eigenvalue weighted by Gasteiger charge is 2.39. The Morgan fingerprint density at radius 2 is 1.42 bits per heavy atom. The molecule has 0 unspecified atom stereocenters. The van der Waals surface area contributed by atoms with Crippen molar-refractivity contribution in [2.75, 3.05) is 4.90 Å². The van der Waals surface area contributed by atoms with Crippen LogP contribution in [0.25, 0.3) is 66.6 Å². The van der Waals surface area contributed by atoms with Gasteiger partial charge in [0.25, 0.3) is 0 Å². The minimum absolute atomic E-state index is 0.194. The Balaban J connectivity index is 1.20. The maximum atomic E-state index is 6.53. The SMILES string of the molecule is CC1(C)c2cc(N3c4ccccc4-c4nc(-c5ccccc5)nc5cccc3c45)ccc2-c2c1ccc1c2oc2ccccc21. The molecule has 0 spiro atoms. The largest absolute Gasteiger partial charge is 0.455 e. The van der Waals surface area contributed by atoms with Crippen molar-refractivity contribution >= 4 is 49.9 Å². The molecule has 6 aromatic carbocycles. The third-order valence-electron chi connectivity index (χ3n) is 9.80. The first-order valence-corrected chi connectivity index (χ1v) is 15.4. The van der Waals surface area contributed by atoms with Crippen molar-refractivity contribution in [3.05, 3.63) is 139 Å². The molecule has 1 aliphatic heterocycles. The molecule has 212 valence electrons. The zero-order chi connectivity index (χ0) is 29.9. The highest BCUT2D eigenvalue weighted by molar-refractivity contribution is 6.13. The fourth-order valence-electron chi connectivity index (χ4n) is 7.67. The first-order valence-electron chi connectivity index (χ1n) is 15.4. The summed E-state index contributed by atoms with van der Waals surface area (Å²) in [6.07, 6.45) is 0. The van der Waals surface area contributed by atoms with Gasteiger partial charge in [0, 0.05) is 38.6 Å². The minimum Gasteiger partial charge on any atom is -0.455 e. The summed E-state index contributed by atoms with van der Waals surface area (Å²) in [6, 6.07) is 45.0. The lowest BCUT2D eigenvalue weighted by Gasteiger charge is -2.33. The van der Waals surface area contributed by atoms with Crippen LogP contribution in [0.3, 0.4) is 0 Å². The zero-order valence-electron chi connectivity index (χ0n) is 24.9. The van der Waals surface area contributed by atoms with Gasteiger partial charge in [-0.2, -0.15) is 0 Å². The van der Waals surface area contributed by atoms with Crippen molar-refractivity contribution in [1.29, 1.82) is 0 Å². The van der Waals surface area contributed by atoms with Crippen LogP contribution in [0.15, 0.2) is 132 Å². The summed E-state index contributed by atoms with van der Waals surface area (Å²) in [6.45, 7) is 4.66. The Morgan fingerprint density at radius 1 is 0.622 bits per heavy atom. The van der Waals surface area contributed by atoms with Gasteiger partial charge in [-0.3, -0.25) is 0 Å². The van der Waals surface area contributed by atoms with Crippen molar-refractivity contribution in [3.8, 4) is 33.8 Å². The molecular formula is C41H27N3O. The van der Waals surface area contributed by atoms with Crippen molar-refractivity contribution in [1.82, 2.24) is 9.97 Å². The monoisotopic (exact) mass is 577 g/mol. The van der Waals surface area contributed by atoms with Gasteiger partial charge in [0.2, 0.25) is 0 Å². The number of fused-ring (bicyclic) bond motifs is 9. The van der Waals surface area contributed by atoms with Crippen LogP contribution in [0, 0.1) is 0 Å². The lowest BCUT2D eigenvalue weighted by Crippen LogP contribution is -2.18. The van der Waals surface area contributed by atoms with Gasteiger partial charge in [-0.25, -0.2) is 9.97 Å². The maximum absolute atomic E-state index is 6.53. The summed E-state index contributed by atoms with van der Waals surface area (Å²) in [5.41, 5.74) is 14.1. The van der Waals surface area contributed by atoms with Crippen LogP contribution in [0.5, 0.6) is 0 Å². The average molecular weight is 578 g/mol. The van der Waals surface area contributed by atoms with Gasteiger partial charge < -0.3 is 9.32 Å². The molecular weight excluding hydrogens is 550 g/mol. The molecule has 2 aromatic heterocycles. The van der Waals surface area contributed by atoms with E-state index in [4.69, 9.17) is 14.4 Å². The van der Waals surface area contributed by atoms with Gasteiger partial charge >= 0.3 is 0 Å². The zero-order valence-corrected chi connectivity index (χ0v) is 24.9. The van der Waals surface area contributed by atoms with Crippen LogP contribution < -0.4 is 4.90 Å². The van der Waals surface area contributed by atoms with Crippen molar-refractivity contribution in [3.63, 3.8) is 0 Å². The molecule has 45 heavy (non-hydrogen) atoms. The van der Waals surface area contributed by atoms with E-state index in [1.54, 1.807) is 0 Å². The van der Waals surface area contributed by atoms with Gasteiger partial charge in [0.05, 0.1) is 28.0 Å². The van der Waals surface area contributed by atoms with Gasteiger partial charge in [-0.15, -0.1) is 0 Å². The van der Waals surface area contributed by atoms with E-state index in [0.717, 1.165) is 67.2 Å². The smallest absolute Gasteiger partial charge is 0.160 e. The van der Waals surface area contributed by atoms with Gasteiger partial charge in [0.1, 0.15) is 11.2 Å². The van der Waals surface area contributed by atoms with E-state index >= 15 is 0 Å². The molecule has 0 fully saturated rings. The van der Waals surface area contributed by atoms with E-state index in [1.165, 1.54) is 27.6 Å². The van der Waals surface area contributed by atoms with E-state index in [2.05, 4.69) is 122 Å². The normalized spacial score (nSPS) is 14.1. The van der Waals surface area contributed by atoms with Crippen LogP contribution in [-0.2, 0) is 5.41 Å². The Labute approximate surface area is 260 Å². The molecule has 10 rings (SSSR count). The maximum Gasteiger partial charge on any atom is 0.160 e. The molecule has 4 heteroatoms. The van der Waals surface area contributed by atoms with Crippen molar-refractivity contribution in [2.24, 2.45) is 0 Å². The fraction of sp³-hybridized carbons (Fsp3) is 0.0732. The Hall–Kier alpha value is -5.74. The second-order valence-corrected chi connectivity index (χ2v) is 12.6. The molecule has 2 aliphatic rings. The van der Waals surface area contributed by atoms with E-state index < -0.39 is 0 Å². The van der Waals surface area contributed by atoms with Crippen LogP contribution in [0.1, 0.15) is 25.0 Å². The molecule has 1 aliphatic carbocycles. The Bertz CT molecular complexity index is 2530. The third kappa shape index (κ3) is 3.26. The molecule has 0 saturated carbocycles. The number of benzene rings is 6. The Morgan fingerprint density at radius 3 is 2.33 bits per heavy atom. The molecule has 3 heterocycles. The second kappa shape index (κ2) is 8.67. The molecule has 0 atom stereocenters. The van der Waals surface area contributed by atoms with E-state index in [-0.39, 0.29) is 5.41 Å². The van der Waals surface area contributed by atoms with E-state index in [1.807, 2.05) is 24.3 Å². The molecule has 0 amide bonds. The number of nitrogens with zero attached hydrogens (tertiary/aromatic N) is 3. The number of hydrogen-bond acceptors (Lipinski definition) is 4. The number of rotatable bonds is 2. The van der Waals surface area contributed by atoms with Crippen LogP contribution in [-0.4, -0.2) is 9.97 Å². The Kier molecular flexibility index (Phi) is 4.76. The fourth-order valence-corrected chi connectivity index (χ4v) is 7.67. The quantitative estimate of drug-likeness (QED) is 0.205. The topological polar surface area (TPSA) is 42.2 Å². The molecule has 0 bridgehead atoms. The number of anilines is 3. The number of hydrogen-bond donors (Lipinski definition) is 0. The highest BCUT2D eigenvalue weighted by Crippen LogP contribution is 2.55.